The molecule has 1 aromatic carbocycles. The van der Waals surface area contributed by atoms with E-state index in [4.69, 9.17) is 4.42 Å². The van der Waals surface area contributed by atoms with E-state index in [0.29, 0.717) is 6.54 Å². The standard InChI is InChI=1S/C16H21N5O/c1-4-9-21-16(17-18-19-21)11-20(3)12(2)15-10-13-7-5-6-8-14(13)22-15/h5-8,10,12H,4,9,11H2,1-3H3. The summed E-state index contributed by atoms with van der Waals surface area (Å²) in [5, 5.41) is 13.1. The molecule has 0 aliphatic heterocycles. The average molecular weight is 299 g/mol. The van der Waals surface area contributed by atoms with Gasteiger partial charge in [-0.2, -0.15) is 0 Å². The van der Waals surface area contributed by atoms with Crippen molar-refractivity contribution in [2.75, 3.05) is 7.05 Å². The van der Waals surface area contributed by atoms with Gasteiger partial charge in [0.15, 0.2) is 5.82 Å². The number of rotatable bonds is 6. The van der Waals surface area contributed by atoms with E-state index in [-0.39, 0.29) is 6.04 Å². The molecular formula is C16H21N5O. The van der Waals surface area contributed by atoms with Crippen molar-refractivity contribution in [2.45, 2.75) is 39.4 Å². The summed E-state index contributed by atoms with van der Waals surface area (Å²) in [7, 11) is 2.06. The van der Waals surface area contributed by atoms with Gasteiger partial charge in [-0.3, -0.25) is 4.90 Å². The Hall–Kier alpha value is -2.21. The summed E-state index contributed by atoms with van der Waals surface area (Å²) >= 11 is 0. The fourth-order valence-electron chi connectivity index (χ4n) is 2.51. The molecule has 0 bridgehead atoms. The molecule has 0 radical (unpaired) electrons. The molecule has 0 aliphatic carbocycles. The van der Waals surface area contributed by atoms with Crippen LogP contribution in [0, 0.1) is 0 Å². The van der Waals surface area contributed by atoms with E-state index in [1.165, 1.54) is 0 Å². The van der Waals surface area contributed by atoms with Gasteiger partial charge < -0.3 is 4.42 Å². The van der Waals surface area contributed by atoms with Gasteiger partial charge in [0, 0.05) is 11.9 Å². The molecule has 2 heterocycles. The first-order valence-corrected chi connectivity index (χ1v) is 7.62. The fraction of sp³-hybridized carbons (Fsp3) is 0.438. The third-order valence-electron chi connectivity index (χ3n) is 3.95. The lowest BCUT2D eigenvalue weighted by molar-refractivity contribution is 0.217. The Labute approximate surface area is 129 Å². The van der Waals surface area contributed by atoms with Crippen molar-refractivity contribution in [1.29, 1.82) is 0 Å². The highest BCUT2D eigenvalue weighted by Gasteiger charge is 2.18. The van der Waals surface area contributed by atoms with Gasteiger partial charge in [0.25, 0.3) is 0 Å². The lowest BCUT2D eigenvalue weighted by Gasteiger charge is -2.22. The summed E-state index contributed by atoms with van der Waals surface area (Å²) in [4.78, 5) is 2.19. The fourth-order valence-corrected chi connectivity index (χ4v) is 2.51. The van der Waals surface area contributed by atoms with Crippen molar-refractivity contribution < 1.29 is 4.42 Å². The summed E-state index contributed by atoms with van der Waals surface area (Å²) < 4.78 is 7.81. The number of benzene rings is 1. The van der Waals surface area contributed by atoms with Crippen molar-refractivity contribution in [2.24, 2.45) is 0 Å². The number of aryl methyl sites for hydroxylation is 1. The molecule has 3 aromatic rings. The van der Waals surface area contributed by atoms with Crippen LogP contribution >= 0.6 is 0 Å². The van der Waals surface area contributed by atoms with Crippen LogP contribution < -0.4 is 0 Å². The predicted octanol–water partition coefficient (Wildman–Crippen LogP) is 3.02. The first-order chi connectivity index (χ1) is 10.7. The van der Waals surface area contributed by atoms with Crippen molar-refractivity contribution in [1.82, 2.24) is 25.1 Å². The highest BCUT2D eigenvalue weighted by Crippen LogP contribution is 2.27. The Kier molecular flexibility index (Phi) is 4.20. The van der Waals surface area contributed by atoms with Gasteiger partial charge in [0.1, 0.15) is 11.3 Å². The lowest BCUT2D eigenvalue weighted by atomic mass is 10.2. The smallest absolute Gasteiger partial charge is 0.165 e. The van der Waals surface area contributed by atoms with Crippen LogP contribution in [-0.4, -0.2) is 32.2 Å². The maximum absolute atomic E-state index is 5.95. The number of fused-ring (bicyclic) bond motifs is 1. The first-order valence-electron chi connectivity index (χ1n) is 7.62. The molecule has 116 valence electrons. The summed E-state index contributed by atoms with van der Waals surface area (Å²) in [6.45, 7) is 5.78. The van der Waals surface area contributed by atoms with E-state index in [1.807, 2.05) is 22.9 Å². The third-order valence-corrected chi connectivity index (χ3v) is 3.95. The number of hydrogen-bond acceptors (Lipinski definition) is 5. The second kappa shape index (κ2) is 6.27. The molecule has 2 aromatic heterocycles. The van der Waals surface area contributed by atoms with E-state index in [0.717, 1.165) is 35.5 Å². The van der Waals surface area contributed by atoms with Gasteiger partial charge in [-0.1, -0.05) is 25.1 Å². The normalized spacial score (nSPS) is 13.1. The maximum atomic E-state index is 5.95. The van der Waals surface area contributed by atoms with Crippen LogP contribution in [0.2, 0.25) is 0 Å². The molecule has 1 atom stereocenters. The SMILES string of the molecule is CCCn1nnnc1CN(C)C(C)c1cc2ccccc2o1. The minimum atomic E-state index is 0.152. The summed E-state index contributed by atoms with van der Waals surface area (Å²) in [5.41, 5.74) is 0.925. The van der Waals surface area contributed by atoms with Crippen LogP contribution in [0.5, 0.6) is 0 Å². The minimum Gasteiger partial charge on any atom is -0.459 e. The summed E-state index contributed by atoms with van der Waals surface area (Å²) in [6.07, 6.45) is 1.01. The van der Waals surface area contributed by atoms with E-state index >= 15 is 0 Å². The molecule has 0 aliphatic rings. The van der Waals surface area contributed by atoms with Crippen LogP contribution in [0.4, 0.5) is 0 Å². The molecule has 0 fully saturated rings. The van der Waals surface area contributed by atoms with Crippen LogP contribution in [0.1, 0.15) is 37.9 Å². The molecule has 22 heavy (non-hydrogen) atoms. The Morgan fingerprint density at radius 3 is 2.91 bits per heavy atom. The largest absolute Gasteiger partial charge is 0.459 e. The molecule has 0 N–H and O–H groups in total. The van der Waals surface area contributed by atoms with Crippen molar-refractivity contribution in [3.63, 3.8) is 0 Å². The molecule has 0 saturated heterocycles. The Bertz CT molecular complexity index is 715. The molecule has 0 spiro atoms. The molecule has 0 amide bonds. The highest BCUT2D eigenvalue weighted by atomic mass is 16.3. The Morgan fingerprint density at radius 1 is 1.32 bits per heavy atom. The second-order valence-electron chi connectivity index (χ2n) is 5.60. The number of para-hydroxylation sites is 1. The van der Waals surface area contributed by atoms with Gasteiger partial charge in [-0.25, -0.2) is 4.68 Å². The first kappa shape index (κ1) is 14.7. The molecule has 6 nitrogen and oxygen atoms in total. The second-order valence-corrected chi connectivity index (χ2v) is 5.60. The monoisotopic (exact) mass is 299 g/mol. The third kappa shape index (κ3) is 2.87. The minimum absolute atomic E-state index is 0.152. The topological polar surface area (TPSA) is 60.0 Å². The van der Waals surface area contributed by atoms with Gasteiger partial charge in [-0.05, 0) is 43.0 Å². The van der Waals surface area contributed by atoms with Crippen LogP contribution in [0.25, 0.3) is 11.0 Å². The number of hydrogen-bond donors (Lipinski definition) is 0. The van der Waals surface area contributed by atoms with Crippen molar-refractivity contribution >= 4 is 11.0 Å². The van der Waals surface area contributed by atoms with Crippen LogP contribution in [0.3, 0.4) is 0 Å². The van der Waals surface area contributed by atoms with Gasteiger partial charge >= 0.3 is 0 Å². The number of furan rings is 1. The Balaban J connectivity index is 1.76. The van der Waals surface area contributed by atoms with E-state index in [1.54, 1.807) is 0 Å². The van der Waals surface area contributed by atoms with E-state index in [9.17, 15) is 0 Å². The highest BCUT2D eigenvalue weighted by molar-refractivity contribution is 5.77. The van der Waals surface area contributed by atoms with E-state index in [2.05, 4.69) is 53.5 Å². The van der Waals surface area contributed by atoms with E-state index < -0.39 is 0 Å². The molecule has 0 saturated carbocycles. The predicted molar refractivity (Wildman–Crippen MR) is 84.2 cm³/mol. The quantitative estimate of drug-likeness (QED) is 0.700. The molecule has 3 rings (SSSR count). The Morgan fingerprint density at radius 2 is 2.14 bits per heavy atom. The van der Waals surface area contributed by atoms with Crippen molar-refractivity contribution in [3.05, 3.63) is 41.9 Å². The van der Waals surface area contributed by atoms with Crippen molar-refractivity contribution in [3.8, 4) is 0 Å². The number of tetrazole rings is 1. The molecule has 1 unspecified atom stereocenters. The zero-order chi connectivity index (χ0) is 15.5. The van der Waals surface area contributed by atoms with Gasteiger partial charge in [0.05, 0.1) is 12.6 Å². The van der Waals surface area contributed by atoms with Gasteiger partial charge in [0.2, 0.25) is 0 Å². The maximum Gasteiger partial charge on any atom is 0.165 e. The molecule has 6 heteroatoms. The number of nitrogens with zero attached hydrogens (tertiary/aromatic N) is 5. The average Bonchev–Trinajstić information content (AvgIpc) is 3.13. The lowest BCUT2D eigenvalue weighted by Crippen LogP contribution is -2.24. The molecular weight excluding hydrogens is 278 g/mol. The van der Waals surface area contributed by atoms with Gasteiger partial charge in [-0.15, -0.1) is 5.10 Å². The zero-order valence-corrected chi connectivity index (χ0v) is 13.2. The summed E-state index contributed by atoms with van der Waals surface area (Å²) in [6, 6.07) is 10.3. The zero-order valence-electron chi connectivity index (χ0n) is 13.2. The number of aromatic nitrogens is 4. The van der Waals surface area contributed by atoms with Crippen LogP contribution in [-0.2, 0) is 13.1 Å². The summed E-state index contributed by atoms with van der Waals surface area (Å²) in [5.74, 6) is 1.84. The van der Waals surface area contributed by atoms with Crippen LogP contribution in [0.15, 0.2) is 34.7 Å².